The van der Waals surface area contributed by atoms with Crippen LogP contribution in [0.3, 0.4) is 0 Å². The molecule has 21 heavy (non-hydrogen) atoms. The van der Waals surface area contributed by atoms with Gasteiger partial charge in [0.2, 0.25) is 0 Å². The number of rotatable bonds is 4. The van der Waals surface area contributed by atoms with Crippen molar-refractivity contribution in [1.29, 1.82) is 0 Å². The van der Waals surface area contributed by atoms with E-state index in [1.165, 1.54) is 32.1 Å². The second-order valence-electron chi connectivity index (χ2n) is 8.22. The van der Waals surface area contributed by atoms with Crippen molar-refractivity contribution in [3.8, 4) is 0 Å². The second-order valence-corrected chi connectivity index (χ2v) is 8.22. The molecule has 0 aromatic heterocycles. The van der Waals surface area contributed by atoms with Crippen LogP contribution in [0.5, 0.6) is 0 Å². The van der Waals surface area contributed by atoms with Gasteiger partial charge in [0.1, 0.15) is 0 Å². The normalized spacial score (nSPS) is 33.6. The molecule has 3 nitrogen and oxygen atoms in total. The van der Waals surface area contributed by atoms with E-state index in [1.54, 1.807) is 0 Å². The smallest absolute Gasteiger partial charge is 0.0695 e. The van der Waals surface area contributed by atoms with Gasteiger partial charge in [-0.15, -0.1) is 0 Å². The highest BCUT2D eigenvalue weighted by Gasteiger charge is 2.39. The Hall–Kier alpha value is -0.120. The summed E-state index contributed by atoms with van der Waals surface area (Å²) >= 11 is 0. The maximum absolute atomic E-state index is 10.5. The van der Waals surface area contributed by atoms with Gasteiger partial charge in [-0.2, -0.15) is 0 Å². The van der Waals surface area contributed by atoms with Crippen LogP contribution in [0.2, 0.25) is 0 Å². The third kappa shape index (κ3) is 4.00. The largest absolute Gasteiger partial charge is 0.391 e. The van der Waals surface area contributed by atoms with Crippen LogP contribution in [0.15, 0.2) is 0 Å². The molecule has 3 unspecified atom stereocenters. The number of hydrogen-bond acceptors (Lipinski definition) is 3. The topological polar surface area (TPSA) is 26.7 Å². The fourth-order valence-electron chi connectivity index (χ4n) is 4.26. The summed E-state index contributed by atoms with van der Waals surface area (Å²) in [4.78, 5) is 4.94. The molecule has 0 aromatic rings. The maximum Gasteiger partial charge on any atom is 0.0695 e. The molecule has 1 heterocycles. The Labute approximate surface area is 131 Å². The van der Waals surface area contributed by atoms with E-state index in [0.717, 1.165) is 31.5 Å². The van der Waals surface area contributed by atoms with Crippen LogP contribution in [0, 0.1) is 11.3 Å². The van der Waals surface area contributed by atoms with Crippen molar-refractivity contribution in [3.05, 3.63) is 0 Å². The molecule has 124 valence electrons. The molecule has 0 amide bonds. The van der Waals surface area contributed by atoms with Gasteiger partial charge in [-0.25, -0.2) is 0 Å². The molecule has 1 N–H and O–H groups in total. The number of hydrogen-bond donors (Lipinski definition) is 1. The lowest BCUT2D eigenvalue weighted by atomic mass is 9.67. The zero-order valence-electron chi connectivity index (χ0n) is 14.8. The van der Waals surface area contributed by atoms with Crippen molar-refractivity contribution in [2.45, 2.75) is 77.5 Å². The van der Waals surface area contributed by atoms with Gasteiger partial charge in [-0.3, -0.25) is 4.90 Å². The van der Waals surface area contributed by atoms with Crippen LogP contribution in [0.25, 0.3) is 0 Å². The third-order valence-corrected chi connectivity index (χ3v) is 6.50. The Bertz CT molecular complexity index is 321. The summed E-state index contributed by atoms with van der Waals surface area (Å²) < 4.78 is 0. The first kappa shape index (κ1) is 17.2. The summed E-state index contributed by atoms with van der Waals surface area (Å²) in [6.07, 6.45) is 7.01. The van der Waals surface area contributed by atoms with Crippen LogP contribution in [-0.4, -0.2) is 60.3 Å². The Morgan fingerprint density at radius 3 is 2.24 bits per heavy atom. The number of nitrogens with zero attached hydrogens (tertiary/aromatic N) is 2. The lowest BCUT2D eigenvalue weighted by molar-refractivity contribution is -0.0332. The highest BCUT2D eigenvalue weighted by Crippen LogP contribution is 2.42. The van der Waals surface area contributed by atoms with Gasteiger partial charge in [-0.1, -0.05) is 27.2 Å². The highest BCUT2D eigenvalue weighted by molar-refractivity contribution is 4.93. The lowest BCUT2D eigenvalue weighted by Crippen LogP contribution is -2.53. The molecule has 2 fully saturated rings. The van der Waals surface area contributed by atoms with E-state index in [0.29, 0.717) is 11.5 Å². The van der Waals surface area contributed by atoms with E-state index < -0.39 is 0 Å². The fraction of sp³-hybridized carbons (Fsp3) is 1.00. The molecule has 1 aliphatic carbocycles. The van der Waals surface area contributed by atoms with E-state index in [-0.39, 0.29) is 6.10 Å². The number of aliphatic hydroxyl groups excluding tert-OH is 1. The standard InChI is InChI=1S/C18H36N2O/c1-6-18(2,3)14-7-8-17(21)16(13-14)20-11-9-15(10-12-20)19(4)5/h14-17,21H,6-13H2,1-5H3. The average Bonchev–Trinajstić information content (AvgIpc) is 2.47. The minimum Gasteiger partial charge on any atom is -0.391 e. The minimum absolute atomic E-state index is 0.107. The van der Waals surface area contributed by atoms with Gasteiger partial charge < -0.3 is 10.0 Å². The highest BCUT2D eigenvalue weighted by atomic mass is 16.3. The van der Waals surface area contributed by atoms with Gasteiger partial charge in [-0.05, 0) is 57.5 Å². The van der Waals surface area contributed by atoms with Gasteiger partial charge in [0.25, 0.3) is 0 Å². The number of likely N-dealkylation sites (tertiary alicyclic amines) is 1. The van der Waals surface area contributed by atoms with Crippen molar-refractivity contribution >= 4 is 0 Å². The van der Waals surface area contributed by atoms with Gasteiger partial charge in [0, 0.05) is 25.2 Å². The molecule has 0 spiro atoms. The maximum atomic E-state index is 10.5. The summed E-state index contributed by atoms with van der Waals surface area (Å²) in [6.45, 7) is 9.44. The molecule has 3 atom stereocenters. The SMILES string of the molecule is CCC(C)(C)C1CCC(O)C(N2CCC(N(C)C)CC2)C1. The molecule has 1 aliphatic heterocycles. The van der Waals surface area contributed by atoms with E-state index in [1.807, 2.05) is 0 Å². The Morgan fingerprint density at radius 1 is 1.10 bits per heavy atom. The van der Waals surface area contributed by atoms with Gasteiger partial charge in [0.05, 0.1) is 6.10 Å². The summed E-state index contributed by atoms with van der Waals surface area (Å²) in [6, 6.07) is 1.13. The van der Waals surface area contributed by atoms with Crippen molar-refractivity contribution in [2.75, 3.05) is 27.2 Å². The van der Waals surface area contributed by atoms with Crippen molar-refractivity contribution < 1.29 is 5.11 Å². The van der Waals surface area contributed by atoms with Crippen molar-refractivity contribution in [1.82, 2.24) is 9.80 Å². The summed E-state index contributed by atoms with van der Waals surface area (Å²) in [5, 5.41) is 10.5. The average molecular weight is 296 g/mol. The third-order valence-electron chi connectivity index (χ3n) is 6.50. The Kier molecular flexibility index (Phi) is 5.72. The quantitative estimate of drug-likeness (QED) is 0.864. The molecule has 2 rings (SSSR count). The first-order valence-electron chi connectivity index (χ1n) is 8.93. The van der Waals surface area contributed by atoms with Crippen molar-refractivity contribution in [3.63, 3.8) is 0 Å². The molecule has 3 heteroatoms. The van der Waals surface area contributed by atoms with Crippen LogP contribution in [-0.2, 0) is 0 Å². The predicted molar refractivity (Wildman–Crippen MR) is 89.5 cm³/mol. The summed E-state index contributed by atoms with van der Waals surface area (Å²) in [5.74, 6) is 0.766. The molecular formula is C18H36N2O. The zero-order chi connectivity index (χ0) is 15.6. The van der Waals surface area contributed by atoms with Gasteiger partial charge in [0.15, 0.2) is 0 Å². The monoisotopic (exact) mass is 296 g/mol. The first-order chi connectivity index (χ1) is 9.85. The molecule has 0 radical (unpaired) electrons. The van der Waals surface area contributed by atoms with Crippen LogP contribution < -0.4 is 0 Å². The molecule has 0 aromatic carbocycles. The fourth-order valence-corrected chi connectivity index (χ4v) is 4.26. The van der Waals surface area contributed by atoms with Crippen LogP contribution >= 0.6 is 0 Å². The number of aliphatic hydroxyl groups is 1. The molecule has 1 saturated carbocycles. The lowest BCUT2D eigenvalue weighted by Gasteiger charge is -2.47. The van der Waals surface area contributed by atoms with E-state index >= 15 is 0 Å². The number of piperidine rings is 1. The molecule has 0 bridgehead atoms. The molecule has 1 saturated heterocycles. The summed E-state index contributed by atoms with van der Waals surface area (Å²) in [7, 11) is 4.38. The summed E-state index contributed by atoms with van der Waals surface area (Å²) in [5.41, 5.74) is 0.417. The van der Waals surface area contributed by atoms with Crippen molar-refractivity contribution in [2.24, 2.45) is 11.3 Å². The van der Waals surface area contributed by atoms with Gasteiger partial charge >= 0.3 is 0 Å². The van der Waals surface area contributed by atoms with Crippen LogP contribution in [0.4, 0.5) is 0 Å². The Morgan fingerprint density at radius 2 is 1.71 bits per heavy atom. The van der Waals surface area contributed by atoms with E-state index in [4.69, 9.17) is 0 Å². The predicted octanol–water partition coefficient (Wildman–Crippen LogP) is 2.98. The van der Waals surface area contributed by atoms with Crippen LogP contribution in [0.1, 0.15) is 59.3 Å². The molecule has 2 aliphatic rings. The first-order valence-corrected chi connectivity index (χ1v) is 8.93. The zero-order valence-corrected chi connectivity index (χ0v) is 14.8. The van der Waals surface area contributed by atoms with E-state index in [9.17, 15) is 5.11 Å². The minimum atomic E-state index is -0.107. The second kappa shape index (κ2) is 6.97. The Balaban J connectivity index is 1.95. The molecular weight excluding hydrogens is 260 g/mol. The van der Waals surface area contributed by atoms with E-state index in [2.05, 4.69) is 44.7 Å².